The van der Waals surface area contributed by atoms with Crippen LogP contribution in [0.4, 0.5) is 0 Å². The SMILES string of the molecule is CCOc1ccc(CCN2C(=O)/C(=C\c3ccc(OC)c(COc4cccc(Cl)c4)c3)NC2=S)cc1OCC. The standard InChI is InChI=1S/C30H31ClN2O5S/c1-4-36-27-12-9-20(17-28(27)37-5-2)13-14-33-29(34)25(32-30(33)39)16-21-10-11-26(35-3)22(15-21)19-38-24-8-6-7-23(31)18-24/h6-12,15-18H,4-5,13-14,19H2,1-3H3,(H,32,39)/b25-16+. The fraction of sp³-hybridized carbons (Fsp3) is 0.267. The fourth-order valence-corrected chi connectivity index (χ4v) is 4.62. The molecule has 0 saturated carbocycles. The summed E-state index contributed by atoms with van der Waals surface area (Å²) in [4.78, 5) is 14.8. The third-order valence-electron chi connectivity index (χ3n) is 6.00. The van der Waals surface area contributed by atoms with Crippen molar-refractivity contribution in [3.63, 3.8) is 0 Å². The van der Waals surface area contributed by atoms with Gasteiger partial charge in [0.25, 0.3) is 5.91 Å². The smallest absolute Gasteiger partial charge is 0.276 e. The molecule has 1 aliphatic rings. The Morgan fingerprint density at radius 2 is 1.72 bits per heavy atom. The van der Waals surface area contributed by atoms with Gasteiger partial charge in [-0.1, -0.05) is 29.8 Å². The number of carbonyl (C=O) groups excluding carboxylic acids is 1. The van der Waals surface area contributed by atoms with Gasteiger partial charge in [-0.2, -0.15) is 0 Å². The van der Waals surface area contributed by atoms with Crippen LogP contribution < -0.4 is 24.3 Å². The minimum Gasteiger partial charge on any atom is -0.496 e. The summed E-state index contributed by atoms with van der Waals surface area (Å²) in [7, 11) is 1.61. The highest BCUT2D eigenvalue weighted by atomic mass is 35.5. The minimum absolute atomic E-state index is 0.177. The number of rotatable bonds is 12. The van der Waals surface area contributed by atoms with Crippen molar-refractivity contribution in [2.24, 2.45) is 0 Å². The zero-order valence-corrected chi connectivity index (χ0v) is 23.7. The predicted octanol–water partition coefficient (Wildman–Crippen LogP) is 6.03. The number of thiocarbonyl (C=S) groups is 1. The van der Waals surface area contributed by atoms with Crippen molar-refractivity contribution < 1.29 is 23.7 Å². The van der Waals surface area contributed by atoms with E-state index in [0.29, 0.717) is 65.0 Å². The van der Waals surface area contributed by atoms with Crippen LogP contribution in [0, 0.1) is 0 Å². The molecule has 204 valence electrons. The summed E-state index contributed by atoms with van der Waals surface area (Å²) >= 11 is 11.5. The predicted molar refractivity (Wildman–Crippen MR) is 157 cm³/mol. The van der Waals surface area contributed by atoms with Gasteiger partial charge in [-0.15, -0.1) is 0 Å². The van der Waals surface area contributed by atoms with Crippen molar-refractivity contribution in [1.29, 1.82) is 0 Å². The molecule has 9 heteroatoms. The van der Waals surface area contributed by atoms with Crippen molar-refractivity contribution in [1.82, 2.24) is 10.2 Å². The summed E-state index contributed by atoms with van der Waals surface area (Å²) in [6.07, 6.45) is 2.39. The molecule has 7 nitrogen and oxygen atoms in total. The maximum atomic E-state index is 13.2. The van der Waals surface area contributed by atoms with Crippen LogP contribution in [-0.2, 0) is 17.8 Å². The number of benzene rings is 3. The van der Waals surface area contributed by atoms with Crippen LogP contribution in [0.15, 0.2) is 66.4 Å². The largest absolute Gasteiger partial charge is 0.496 e. The van der Waals surface area contributed by atoms with Crippen molar-refractivity contribution in [2.45, 2.75) is 26.9 Å². The number of hydrogen-bond donors (Lipinski definition) is 1. The quantitative estimate of drug-likeness (QED) is 0.212. The van der Waals surface area contributed by atoms with E-state index in [9.17, 15) is 4.79 Å². The monoisotopic (exact) mass is 566 g/mol. The second-order valence-corrected chi connectivity index (χ2v) is 9.48. The summed E-state index contributed by atoms with van der Waals surface area (Å²) in [5, 5.41) is 4.03. The third-order valence-corrected chi connectivity index (χ3v) is 6.56. The van der Waals surface area contributed by atoms with Crippen LogP contribution in [0.1, 0.15) is 30.5 Å². The number of carbonyl (C=O) groups is 1. The van der Waals surface area contributed by atoms with Gasteiger partial charge in [-0.3, -0.25) is 9.69 Å². The number of amides is 1. The first kappa shape index (κ1) is 28.3. The van der Waals surface area contributed by atoms with Gasteiger partial charge in [-0.05, 0) is 92.2 Å². The van der Waals surface area contributed by atoms with Gasteiger partial charge in [0.1, 0.15) is 23.8 Å². The van der Waals surface area contributed by atoms with Crippen molar-refractivity contribution in [2.75, 3.05) is 26.9 Å². The van der Waals surface area contributed by atoms with E-state index < -0.39 is 0 Å². The van der Waals surface area contributed by atoms with Crippen LogP contribution in [0.2, 0.25) is 5.02 Å². The molecule has 1 N–H and O–H groups in total. The van der Waals surface area contributed by atoms with Crippen LogP contribution in [0.25, 0.3) is 6.08 Å². The molecule has 4 rings (SSSR count). The molecule has 0 radical (unpaired) electrons. The molecule has 0 unspecified atom stereocenters. The number of halogens is 1. The Kier molecular flexibility index (Phi) is 9.68. The Morgan fingerprint density at radius 3 is 2.46 bits per heavy atom. The summed E-state index contributed by atoms with van der Waals surface area (Å²) < 4.78 is 22.8. The molecule has 1 heterocycles. The highest BCUT2D eigenvalue weighted by Crippen LogP contribution is 2.29. The first-order valence-corrected chi connectivity index (χ1v) is 13.5. The molecule has 0 atom stereocenters. The molecule has 0 aromatic heterocycles. The fourth-order valence-electron chi connectivity index (χ4n) is 4.15. The van der Waals surface area contributed by atoms with E-state index >= 15 is 0 Å². The van der Waals surface area contributed by atoms with E-state index in [1.807, 2.05) is 62.4 Å². The molecule has 1 amide bonds. The lowest BCUT2D eigenvalue weighted by Crippen LogP contribution is -2.32. The Morgan fingerprint density at radius 1 is 0.949 bits per heavy atom. The summed E-state index contributed by atoms with van der Waals surface area (Å²) in [6, 6.07) is 18.7. The lowest BCUT2D eigenvalue weighted by atomic mass is 10.1. The van der Waals surface area contributed by atoms with E-state index in [1.165, 1.54) is 0 Å². The molecule has 0 spiro atoms. The van der Waals surface area contributed by atoms with Crippen molar-refractivity contribution in [3.05, 3.63) is 88.1 Å². The van der Waals surface area contributed by atoms with Gasteiger partial charge < -0.3 is 24.3 Å². The second kappa shape index (κ2) is 13.4. The van der Waals surface area contributed by atoms with Crippen LogP contribution in [0.3, 0.4) is 0 Å². The second-order valence-electron chi connectivity index (χ2n) is 8.66. The Balaban J connectivity index is 1.45. The summed E-state index contributed by atoms with van der Waals surface area (Å²) in [6.45, 7) is 5.67. The molecule has 39 heavy (non-hydrogen) atoms. The Bertz CT molecular complexity index is 1380. The number of nitrogens with zero attached hydrogens (tertiary/aromatic N) is 1. The minimum atomic E-state index is -0.177. The van der Waals surface area contributed by atoms with Gasteiger partial charge in [0, 0.05) is 17.1 Å². The van der Waals surface area contributed by atoms with Gasteiger partial charge in [0.15, 0.2) is 16.6 Å². The third kappa shape index (κ3) is 7.22. The van der Waals surface area contributed by atoms with Crippen LogP contribution >= 0.6 is 23.8 Å². The lowest BCUT2D eigenvalue weighted by molar-refractivity contribution is -0.122. The van der Waals surface area contributed by atoms with Gasteiger partial charge in [-0.25, -0.2) is 0 Å². The molecule has 1 fully saturated rings. The van der Waals surface area contributed by atoms with Crippen molar-refractivity contribution >= 4 is 40.9 Å². The maximum absolute atomic E-state index is 13.2. The number of hydrogen-bond acceptors (Lipinski definition) is 6. The zero-order chi connectivity index (χ0) is 27.8. The van der Waals surface area contributed by atoms with E-state index in [-0.39, 0.29) is 12.5 Å². The van der Waals surface area contributed by atoms with E-state index in [2.05, 4.69) is 5.32 Å². The highest BCUT2D eigenvalue weighted by Gasteiger charge is 2.30. The zero-order valence-electron chi connectivity index (χ0n) is 22.2. The van der Waals surface area contributed by atoms with Gasteiger partial charge in [0.05, 0.1) is 20.3 Å². The Labute approximate surface area is 239 Å². The maximum Gasteiger partial charge on any atom is 0.276 e. The molecule has 3 aromatic carbocycles. The highest BCUT2D eigenvalue weighted by molar-refractivity contribution is 7.80. The van der Waals surface area contributed by atoms with Crippen molar-refractivity contribution in [3.8, 4) is 23.0 Å². The molecular weight excluding hydrogens is 536 g/mol. The average Bonchev–Trinajstić information content (AvgIpc) is 3.19. The molecule has 1 saturated heterocycles. The first-order chi connectivity index (χ1) is 18.9. The van der Waals surface area contributed by atoms with E-state index in [4.69, 9.17) is 42.8 Å². The average molecular weight is 567 g/mol. The molecule has 3 aromatic rings. The number of methoxy groups -OCH3 is 1. The molecular formula is C30H31ClN2O5S. The van der Waals surface area contributed by atoms with E-state index in [0.717, 1.165) is 16.7 Å². The number of nitrogens with one attached hydrogen (secondary N) is 1. The van der Waals surface area contributed by atoms with Crippen LogP contribution in [0.5, 0.6) is 23.0 Å². The topological polar surface area (TPSA) is 69.3 Å². The van der Waals surface area contributed by atoms with E-state index in [1.54, 1.807) is 30.2 Å². The van der Waals surface area contributed by atoms with Gasteiger partial charge in [0.2, 0.25) is 0 Å². The first-order valence-electron chi connectivity index (χ1n) is 12.7. The lowest BCUT2D eigenvalue weighted by Gasteiger charge is -2.16. The summed E-state index contributed by atoms with van der Waals surface area (Å²) in [5.74, 6) is 2.57. The molecule has 0 aliphatic carbocycles. The van der Waals surface area contributed by atoms with Gasteiger partial charge >= 0.3 is 0 Å². The Hall–Kier alpha value is -3.75. The summed E-state index contributed by atoms with van der Waals surface area (Å²) in [5.41, 5.74) is 3.08. The number of ether oxygens (including phenoxy) is 4. The molecule has 1 aliphatic heterocycles. The normalized spacial score (nSPS) is 13.9. The van der Waals surface area contributed by atoms with Crippen LogP contribution in [-0.4, -0.2) is 42.8 Å². The molecule has 0 bridgehead atoms.